The Morgan fingerprint density at radius 3 is 2.87 bits per heavy atom. The second kappa shape index (κ2) is 5.09. The predicted molar refractivity (Wildman–Crippen MR) is 59.2 cm³/mol. The highest BCUT2D eigenvalue weighted by molar-refractivity contribution is 6.34. The van der Waals surface area contributed by atoms with Gasteiger partial charge in [-0.2, -0.15) is 0 Å². The van der Waals surface area contributed by atoms with E-state index in [1.54, 1.807) is 13.1 Å². The van der Waals surface area contributed by atoms with Crippen molar-refractivity contribution in [3.63, 3.8) is 0 Å². The SMILES string of the molecule is C=CCN(C)C(=O)c1cc(Cl)nnc1Cl. The Bertz CT molecular complexity index is 395. The molecule has 0 N–H and O–H groups in total. The highest BCUT2D eigenvalue weighted by Gasteiger charge is 2.16. The highest BCUT2D eigenvalue weighted by atomic mass is 35.5. The molecule has 0 atom stereocenters. The molecule has 0 fully saturated rings. The van der Waals surface area contributed by atoms with Crippen molar-refractivity contribution in [1.82, 2.24) is 15.1 Å². The van der Waals surface area contributed by atoms with Crippen molar-refractivity contribution in [1.29, 1.82) is 0 Å². The van der Waals surface area contributed by atoms with Gasteiger partial charge in [0, 0.05) is 13.6 Å². The number of rotatable bonds is 3. The maximum Gasteiger partial charge on any atom is 0.257 e. The van der Waals surface area contributed by atoms with Crippen LogP contribution in [0, 0.1) is 0 Å². The summed E-state index contributed by atoms with van der Waals surface area (Å²) in [5, 5.41) is 7.25. The summed E-state index contributed by atoms with van der Waals surface area (Å²) in [7, 11) is 1.63. The van der Waals surface area contributed by atoms with Crippen molar-refractivity contribution in [3.8, 4) is 0 Å². The summed E-state index contributed by atoms with van der Waals surface area (Å²) in [6.07, 6.45) is 1.61. The lowest BCUT2D eigenvalue weighted by molar-refractivity contribution is 0.0810. The smallest absolute Gasteiger partial charge is 0.257 e. The molecule has 15 heavy (non-hydrogen) atoms. The number of amides is 1. The van der Waals surface area contributed by atoms with Gasteiger partial charge in [0.25, 0.3) is 5.91 Å². The first-order valence-electron chi connectivity index (χ1n) is 4.11. The fraction of sp³-hybridized carbons (Fsp3) is 0.222. The molecule has 0 aliphatic rings. The van der Waals surface area contributed by atoms with Crippen LogP contribution in [0.25, 0.3) is 0 Å². The number of hydrogen-bond acceptors (Lipinski definition) is 3. The van der Waals surface area contributed by atoms with Crippen LogP contribution in [-0.2, 0) is 0 Å². The van der Waals surface area contributed by atoms with Crippen LogP contribution in [0.5, 0.6) is 0 Å². The molecule has 1 rings (SSSR count). The van der Waals surface area contributed by atoms with E-state index in [0.717, 1.165) is 0 Å². The van der Waals surface area contributed by atoms with Crippen molar-refractivity contribution in [2.45, 2.75) is 0 Å². The van der Waals surface area contributed by atoms with Crippen molar-refractivity contribution >= 4 is 29.1 Å². The van der Waals surface area contributed by atoms with Crippen LogP contribution in [0.15, 0.2) is 18.7 Å². The van der Waals surface area contributed by atoms with Gasteiger partial charge in [-0.05, 0) is 6.07 Å². The van der Waals surface area contributed by atoms with Gasteiger partial charge in [0.2, 0.25) is 0 Å². The van der Waals surface area contributed by atoms with Crippen LogP contribution < -0.4 is 0 Å². The van der Waals surface area contributed by atoms with Crippen LogP contribution in [0.4, 0.5) is 0 Å². The first-order valence-corrected chi connectivity index (χ1v) is 4.87. The van der Waals surface area contributed by atoms with Crippen molar-refractivity contribution in [3.05, 3.63) is 34.6 Å². The summed E-state index contributed by atoms with van der Waals surface area (Å²) in [5.74, 6) is -0.267. The standard InChI is InChI=1S/C9H9Cl2N3O/c1-3-4-14(2)9(15)6-5-7(10)12-13-8(6)11/h3,5H,1,4H2,2H3. The minimum absolute atomic E-state index is 0.0420. The molecule has 6 heteroatoms. The number of likely N-dealkylation sites (N-methyl/N-ethyl adjacent to an activating group) is 1. The Morgan fingerprint density at radius 2 is 2.27 bits per heavy atom. The second-order valence-electron chi connectivity index (χ2n) is 2.85. The van der Waals surface area contributed by atoms with Crippen LogP contribution in [0.3, 0.4) is 0 Å². The topological polar surface area (TPSA) is 46.1 Å². The fourth-order valence-electron chi connectivity index (χ4n) is 0.985. The summed E-state index contributed by atoms with van der Waals surface area (Å²) >= 11 is 11.3. The zero-order valence-electron chi connectivity index (χ0n) is 8.07. The molecule has 0 unspecified atom stereocenters. The van der Waals surface area contributed by atoms with E-state index < -0.39 is 0 Å². The van der Waals surface area contributed by atoms with E-state index in [4.69, 9.17) is 23.2 Å². The van der Waals surface area contributed by atoms with E-state index in [2.05, 4.69) is 16.8 Å². The third-order valence-corrected chi connectivity index (χ3v) is 2.16. The average Bonchev–Trinajstić information content (AvgIpc) is 2.21. The number of carbonyl (C=O) groups excluding carboxylic acids is 1. The minimum atomic E-state index is -0.267. The Kier molecular flexibility index (Phi) is 4.05. The van der Waals surface area contributed by atoms with Gasteiger partial charge < -0.3 is 4.90 Å². The molecule has 0 radical (unpaired) electrons. The zero-order chi connectivity index (χ0) is 11.4. The highest BCUT2D eigenvalue weighted by Crippen LogP contribution is 2.16. The van der Waals surface area contributed by atoms with Gasteiger partial charge in [-0.25, -0.2) is 0 Å². The molecule has 4 nitrogen and oxygen atoms in total. The summed E-state index contributed by atoms with van der Waals surface area (Å²) in [5.41, 5.74) is 0.237. The van der Waals surface area contributed by atoms with Gasteiger partial charge in [-0.1, -0.05) is 29.3 Å². The normalized spacial score (nSPS) is 9.80. The minimum Gasteiger partial charge on any atom is -0.338 e. The van der Waals surface area contributed by atoms with Gasteiger partial charge >= 0.3 is 0 Å². The quantitative estimate of drug-likeness (QED) is 0.766. The Morgan fingerprint density at radius 1 is 1.60 bits per heavy atom. The van der Waals surface area contributed by atoms with Crippen molar-refractivity contribution in [2.75, 3.05) is 13.6 Å². The van der Waals surface area contributed by atoms with Crippen LogP contribution in [0.2, 0.25) is 10.3 Å². The van der Waals surface area contributed by atoms with Crippen molar-refractivity contribution < 1.29 is 4.79 Å². The lowest BCUT2D eigenvalue weighted by Crippen LogP contribution is -2.27. The molecule has 1 aromatic heterocycles. The Labute approximate surface area is 97.5 Å². The monoisotopic (exact) mass is 245 g/mol. The molecule has 0 saturated carbocycles. The predicted octanol–water partition coefficient (Wildman–Crippen LogP) is 2.04. The van der Waals surface area contributed by atoms with Gasteiger partial charge in [0.1, 0.15) is 0 Å². The molecule has 0 saturated heterocycles. The maximum atomic E-state index is 11.8. The molecular weight excluding hydrogens is 237 g/mol. The van der Waals surface area contributed by atoms with Gasteiger partial charge in [0.15, 0.2) is 10.3 Å². The Hall–Kier alpha value is -1.13. The molecular formula is C9H9Cl2N3O. The number of aromatic nitrogens is 2. The largest absolute Gasteiger partial charge is 0.338 e. The van der Waals surface area contributed by atoms with E-state index in [1.807, 2.05) is 0 Å². The lowest BCUT2D eigenvalue weighted by Gasteiger charge is -2.14. The molecule has 0 bridgehead atoms. The third-order valence-electron chi connectivity index (χ3n) is 1.70. The van der Waals surface area contributed by atoms with Crippen LogP contribution in [-0.4, -0.2) is 34.6 Å². The molecule has 0 aliphatic carbocycles. The second-order valence-corrected chi connectivity index (χ2v) is 3.59. The number of hydrogen-bond donors (Lipinski definition) is 0. The molecule has 0 aliphatic heterocycles. The first-order chi connectivity index (χ1) is 7.06. The lowest BCUT2D eigenvalue weighted by atomic mass is 10.3. The molecule has 0 spiro atoms. The van der Waals surface area contributed by atoms with E-state index in [0.29, 0.717) is 6.54 Å². The molecule has 80 valence electrons. The average molecular weight is 246 g/mol. The van der Waals surface area contributed by atoms with E-state index >= 15 is 0 Å². The molecule has 0 aromatic carbocycles. The summed E-state index contributed by atoms with van der Waals surface area (Å²) in [4.78, 5) is 13.2. The van der Waals surface area contributed by atoms with Crippen LogP contribution >= 0.6 is 23.2 Å². The molecule has 1 heterocycles. The fourth-order valence-corrected chi connectivity index (χ4v) is 1.31. The molecule has 1 amide bonds. The maximum absolute atomic E-state index is 11.8. The number of nitrogens with zero attached hydrogens (tertiary/aromatic N) is 3. The first kappa shape index (κ1) is 11.9. The van der Waals surface area contributed by atoms with E-state index in [9.17, 15) is 4.79 Å². The van der Waals surface area contributed by atoms with E-state index in [-0.39, 0.29) is 21.8 Å². The third kappa shape index (κ3) is 2.91. The summed E-state index contributed by atoms with van der Waals surface area (Å²) < 4.78 is 0. The van der Waals surface area contributed by atoms with Gasteiger partial charge in [-0.15, -0.1) is 16.8 Å². The van der Waals surface area contributed by atoms with Crippen LogP contribution in [0.1, 0.15) is 10.4 Å². The van der Waals surface area contributed by atoms with Gasteiger partial charge in [0.05, 0.1) is 5.56 Å². The summed E-state index contributed by atoms with van der Waals surface area (Å²) in [6, 6.07) is 1.39. The molecule has 1 aromatic rings. The van der Waals surface area contributed by atoms with Crippen molar-refractivity contribution in [2.24, 2.45) is 0 Å². The Balaban J connectivity index is 2.99. The van der Waals surface area contributed by atoms with Gasteiger partial charge in [-0.3, -0.25) is 4.79 Å². The zero-order valence-corrected chi connectivity index (χ0v) is 9.59. The summed E-state index contributed by atoms with van der Waals surface area (Å²) in [6.45, 7) is 3.96. The number of carbonyl (C=O) groups is 1. The van der Waals surface area contributed by atoms with E-state index in [1.165, 1.54) is 11.0 Å². The number of halogens is 2.